The molecular formula is C20H20N2O4S. The van der Waals surface area contributed by atoms with E-state index >= 15 is 0 Å². The Labute approximate surface area is 161 Å². The molecule has 0 aromatic carbocycles. The maximum absolute atomic E-state index is 12.6. The summed E-state index contributed by atoms with van der Waals surface area (Å²) >= 11 is 1.39. The van der Waals surface area contributed by atoms with Crippen molar-refractivity contribution in [2.45, 2.75) is 33.1 Å². The van der Waals surface area contributed by atoms with Gasteiger partial charge in [0.1, 0.15) is 22.4 Å². The second-order valence-electron chi connectivity index (χ2n) is 6.42. The molecule has 7 heteroatoms. The zero-order valence-electron chi connectivity index (χ0n) is 15.2. The summed E-state index contributed by atoms with van der Waals surface area (Å²) in [6, 6.07) is 5.21. The maximum Gasteiger partial charge on any atom is 0.341 e. The second kappa shape index (κ2) is 8.23. The molecule has 6 nitrogen and oxygen atoms in total. The molecule has 1 aliphatic rings. The first kappa shape index (κ1) is 18.9. The molecule has 0 bridgehead atoms. The quantitative estimate of drug-likeness (QED) is 0.474. The number of thiophene rings is 1. The summed E-state index contributed by atoms with van der Waals surface area (Å²) in [5.74, 6) is -0.0747. The number of hydrogen-bond acceptors (Lipinski definition) is 6. The number of hydrogen-bond donors (Lipinski definition) is 1. The topological polar surface area (TPSA) is 92.3 Å². The molecule has 2 aromatic rings. The van der Waals surface area contributed by atoms with E-state index in [0.29, 0.717) is 22.2 Å². The number of nitriles is 1. The van der Waals surface area contributed by atoms with Crippen LogP contribution in [-0.4, -0.2) is 18.5 Å². The van der Waals surface area contributed by atoms with Gasteiger partial charge in [-0.2, -0.15) is 5.26 Å². The maximum atomic E-state index is 12.6. The molecule has 0 radical (unpaired) electrons. The fourth-order valence-corrected chi connectivity index (χ4v) is 4.49. The van der Waals surface area contributed by atoms with Crippen molar-refractivity contribution in [2.75, 3.05) is 11.9 Å². The smallest absolute Gasteiger partial charge is 0.341 e. The molecule has 2 aromatic heterocycles. The Bertz CT molecular complexity index is 919. The van der Waals surface area contributed by atoms with Crippen LogP contribution in [0.1, 0.15) is 46.8 Å². The van der Waals surface area contributed by atoms with Gasteiger partial charge < -0.3 is 14.5 Å². The fourth-order valence-electron chi connectivity index (χ4n) is 3.09. The summed E-state index contributed by atoms with van der Waals surface area (Å²) in [6.07, 6.45) is 5.48. The third-order valence-corrected chi connectivity index (χ3v) is 5.58. The number of carbonyl (C=O) groups excluding carboxylic acids is 2. The van der Waals surface area contributed by atoms with E-state index in [2.05, 4.69) is 12.2 Å². The largest absolute Gasteiger partial charge is 0.465 e. The highest BCUT2D eigenvalue weighted by Crippen LogP contribution is 2.40. The molecule has 1 unspecified atom stereocenters. The van der Waals surface area contributed by atoms with Crippen LogP contribution in [0.25, 0.3) is 6.08 Å². The minimum absolute atomic E-state index is 0.0977. The molecule has 0 saturated carbocycles. The number of nitrogens with one attached hydrogen (secondary N) is 1. The van der Waals surface area contributed by atoms with E-state index in [9.17, 15) is 14.9 Å². The third-order valence-electron chi connectivity index (χ3n) is 4.41. The molecule has 1 atom stereocenters. The van der Waals surface area contributed by atoms with Gasteiger partial charge in [0.25, 0.3) is 5.91 Å². The van der Waals surface area contributed by atoms with Crippen LogP contribution in [0.4, 0.5) is 5.00 Å². The molecule has 0 aliphatic heterocycles. The first-order chi connectivity index (χ1) is 13.0. The number of nitrogens with zero attached hydrogens (tertiary/aromatic N) is 1. The summed E-state index contributed by atoms with van der Waals surface area (Å²) < 4.78 is 10.4. The number of anilines is 1. The molecule has 140 valence electrons. The Hall–Kier alpha value is -2.85. The minimum Gasteiger partial charge on any atom is -0.465 e. The van der Waals surface area contributed by atoms with Gasteiger partial charge in [-0.15, -0.1) is 11.3 Å². The van der Waals surface area contributed by atoms with E-state index in [1.807, 2.05) is 6.07 Å². The fraction of sp³-hybridized carbons (Fsp3) is 0.350. The van der Waals surface area contributed by atoms with Gasteiger partial charge in [-0.1, -0.05) is 6.92 Å². The first-order valence-corrected chi connectivity index (χ1v) is 9.63. The van der Waals surface area contributed by atoms with E-state index in [0.717, 1.165) is 29.7 Å². The van der Waals surface area contributed by atoms with Crippen LogP contribution >= 0.6 is 11.3 Å². The highest BCUT2D eigenvalue weighted by Gasteiger charge is 2.29. The lowest BCUT2D eigenvalue weighted by atomic mass is 9.88. The van der Waals surface area contributed by atoms with Crippen molar-refractivity contribution in [1.29, 1.82) is 5.26 Å². The zero-order chi connectivity index (χ0) is 19.4. The Morgan fingerprint density at radius 3 is 3.00 bits per heavy atom. The summed E-state index contributed by atoms with van der Waals surface area (Å²) in [5.41, 5.74) is 1.28. The van der Waals surface area contributed by atoms with Gasteiger partial charge in [0.15, 0.2) is 0 Å². The predicted octanol–water partition coefficient (Wildman–Crippen LogP) is 4.19. The van der Waals surface area contributed by atoms with Crippen molar-refractivity contribution >= 4 is 34.3 Å². The number of furan rings is 1. The van der Waals surface area contributed by atoms with E-state index in [-0.39, 0.29) is 12.2 Å². The molecule has 3 rings (SSSR count). The highest BCUT2D eigenvalue weighted by molar-refractivity contribution is 7.17. The summed E-state index contributed by atoms with van der Waals surface area (Å²) in [4.78, 5) is 26.2. The van der Waals surface area contributed by atoms with E-state index in [4.69, 9.17) is 9.15 Å². The van der Waals surface area contributed by atoms with Crippen LogP contribution in [0.5, 0.6) is 0 Å². The number of rotatable bonds is 5. The van der Waals surface area contributed by atoms with Gasteiger partial charge >= 0.3 is 5.97 Å². The van der Waals surface area contributed by atoms with Gasteiger partial charge in [0, 0.05) is 11.0 Å². The normalized spacial score (nSPS) is 16.3. The lowest BCUT2D eigenvalue weighted by Crippen LogP contribution is -2.17. The standard InChI is InChI=1S/C20H20N2O4S/c1-3-25-20(24)17-15-7-6-12(2)9-16(15)27-19(17)22-18(23)13(11-21)10-14-5-4-8-26-14/h4-5,8,10,12H,3,6-7,9H2,1-2H3,(H,22,23)/b13-10+. The lowest BCUT2D eigenvalue weighted by Gasteiger charge is -2.18. The predicted molar refractivity (Wildman–Crippen MR) is 102 cm³/mol. The molecule has 27 heavy (non-hydrogen) atoms. The Balaban J connectivity index is 1.92. The van der Waals surface area contributed by atoms with Gasteiger partial charge in [0.2, 0.25) is 0 Å². The molecule has 1 N–H and O–H groups in total. The average molecular weight is 384 g/mol. The van der Waals surface area contributed by atoms with Crippen LogP contribution < -0.4 is 5.32 Å². The Kier molecular flexibility index (Phi) is 5.77. The van der Waals surface area contributed by atoms with Crippen LogP contribution in [0.2, 0.25) is 0 Å². The molecule has 1 amide bonds. The number of carbonyl (C=O) groups is 2. The third kappa shape index (κ3) is 4.12. The van der Waals surface area contributed by atoms with Crippen molar-refractivity contribution in [3.8, 4) is 6.07 Å². The van der Waals surface area contributed by atoms with Crippen molar-refractivity contribution in [1.82, 2.24) is 0 Å². The lowest BCUT2D eigenvalue weighted by molar-refractivity contribution is -0.112. The summed E-state index contributed by atoms with van der Waals surface area (Å²) in [6.45, 7) is 4.18. The highest BCUT2D eigenvalue weighted by atomic mass is 32.1. The Morgan fingerprint density at radius 2 is 2.33 bits per heavy atom. The minimum atomic E-state index is -0.578. The molecule has 0 spiro atoms. The van der Waals surface area contributed by atoms with Gasteiger partial charge in [-0.05, 0) is 49.8 Å². The molecule has 0 saturated heterocycles. The number of ether oxygens (including phenoxy) is 1. The van der Waals surface area contributed by atoms with Gasteiger partial charge in [0.05, 0.1) is 18.4 Å². The molecule has 0 fully saturated rings. The van der Waals surface area contributed by atoms with E-state index in [1.54, 1.807) is 19.1 Å². The summed E-state index contributed by atoms with van der Waals surface area (Å²) in [5, 5.41) is 12.5. The summed E-state index contributed by atoms with van der Waals surface area (Å²) in [7, 11) is 0. The van der Waals surface area contributed by atoms with E-state index in [1.165, 1.54) is 23.7 Å². The first-order valence-electron chi connectivity index (χ1n) is 8.81. The number of amides is 1. The second-order valence-corrected chi connectivity index (χ2v) is 7.52. The van der Waals surface area contributed by atoms with Crippen molar-refractivity contribution in [2.24, 2.45) is 5.92 Å². The van der Waals surface area contributed by atoms with Crippen LogP contribution in [0, 0.1) is 17.2 Å². The van der Waals surface area contributed by atoms with Gasteiger partial charge in [-0.3, -0.25) is 4.79 Å². The van der Waals surface area contributed by atoms with E-state index < -0.39 is 11.9 Å². The molecular weight excluding hydrogens is 364 g/mol. The van der Waals surface area contributed by atoms with Gasteiger partial charge in [-0.25, -0.2) is 4.79 Å². The molecule has 2 heterocycles. The number of fused-ring (bicyclic) bond motifs is 1. The van der Waals surface area contributed by atoms with Crippen molar-refractivity contribution < 1.29 is 18.7 Å². The van der Waals surface area contributed by atoms with Crippen LogP contribution in [0.3, 0.4) is 0 Å². The van der Waals surface area contributed by atoms with Crippen LogP contribution in [-0.2, 0) is 22.4 Å². The monoisotopic (exact) mass is 384 g/mol. The number of esters is 1. The zero-order valence-corrected chi connectivity index (χ0v) is 16.0. The molecule has 1 aliphatic carbocycles. The van der Waals surface area contributed by atoms with Crippen molar-refractivity contribution in [3.05, 3.63) is 45.7 Å². The van der Waals surface area contributed by atoms with Crippen molar-refractivity contribution in [3.63, 3.8) is 0 Å². The SMILES string of the molecule is CCOC(=O)c1c(NC(=O)/C(C#N)=C/c2ccco2)sc2c1CCC(C)C2. The Morgan fingerprint density at radius 1 is 1.52 bits per heavy atom. The average Bonchev–Trinajstić information content (AvgIpc) is 3.26. The van der Waals surface area contributed by atoms with Crippen LogP contribution in [0.15, 0.2) is 28.4 Å².